The Hall–Kier alpha value is -3.27. The minimum Gasteiger partial charge on any atom is -0.493 e. The van der Waals surface area contributed by atoms with Gasteiger partial charge in [-0.1, -0.05) is 0 Å². The van der Waals surface area contributed by atoms with E-state index >= 15 is 0 Å². The van der Waals surface area contributed by atoms with Crippen LogP contribution in [0.25, 0.3) is 0 Å². The van der Waals surface area contributed by atoms with Crippen LogP contribution in [0.15, 0.2) is 34.2 Å². The Kier molecular flexibility index (Phi) is 4.66. The summed E-state index contributed by atoms with van der Waals surface area (Å²) in [5.41, 5.74) is 0.505. The Labute approximate surface area is 132 Å². The quantitative estimate of drug-likeness (QED) is 0.865. The SMILES string of the molecule is COc1ccc(/C=N/n2c(O)c(C#N)c(C)cc2=O)cc1OC. The number of pyridine rings is 1. The number of nitriles is 1. The van der Waals surface area contributed by atoms with Gasteiger partial charge in [-0.05, 0) is 36.2 Å². The van der Waals surface area contributed by atoms with Gasteiger partial charge in [-0.15, -0.1) is 0 Å². The van der Waals surface area contributed by atoms with Gasteiger partial charge in [0.25, 0.3) is 5.56 Å². The highest BCUT2D eigenvalue weighted by Gasteiger charge is 2.11. The van der Waals surface area contributed by atoms with Crippen LogP contribution in [0.4, 0.5) is 0 Å². The van der Waals surface area contributed by atoms with Gasteiger partial charge in [0, 0.05) is 6.07 Å². The summed E-state index contributed by atoms with van der Waals surface area (Å²) in [7, 11) is 3.03. The molecule has 0 aliphatic heterocycles. The van der Waals surface area contributed by atoms with Crippen molar-refractivity contribution in [3.05, 3.63) is 51.3 Å². The molecular formula is C16H15N3O4. The lowest BCUT2D eigenvalue weighted by Crippen LogP contribution is -2.17. The van der Waals surface area contributed by atoms with Crippen molar-refractivity contribution >= 4 is 6.21 Å². The van der Waals surface area contributed by atoms with Gasteiger partial charge in [0.15, 0.2) is 11.5 Å². The molecule has 7 nitrogen and oxygen atoms in total. The molecule has 118 valence electrons. The minimum atomic E-state index is -0.532. The smallest absolute Gasteiger partial charge is 0.274 e. The molecule has 1 N–H and O–H groups in total. The Bertz CT molecular complexity index is 863. The zero-order chi connectivity index (χ0) is 17.0. The van der Waals surface area contributed by atoms with Gasteiger partial charge in [-0.25, -0.2) is 0 Å². The van der Waals surface area contributed by atoms with E-state index in [-0.39, 0.29) is 5.56 Å². The first-order chi connectivity index (χ1) is 11.0. The maximum Gasteiger partial charge on any atom is 0.274 e. The fourth-order valence-corrected chi connectivity index (χ4v) is 2.01. The molecule has 23 heavy (non-hydrogen) atoms. The predicted molar refractivity (Wildman–Crippen MR) is 84.4 cm³/mol. The van der Waals surface area contributed by atoms with Gasteiger partial charge >= 0.3 is 0 Å². The first-order valence-electron chi connectivity index (χ1n) is 6.64. The molecule has 0 aliphatic carbocycles. The molecule has 0 aliphatic rings. The monoisotopic (exact) mass is 313 g/mol. The number of nitrogens with zero attached hydrogens (tertiary/aromatic N) is 3. The number of methoxy groups -OCH3 is 2. The number of ether oxygens (including phenoxy) is 2. The predicted octanol–water partition coefficient (Wildman–Crippen LogP) is 1.63. The molecule has 0 amide bonds. The van der Waals surface area contributed by atoms with Crippen LogP contribution >= 0.6 is 0 Å². The third-order valence-corrected chi connectivity index (χ3v) is 3.21. The van der Waals surface area contributed by atoms with Crippen LogP contribution in [0.1, 0.15) is 16.7 Å². The largest absolute Gasteiger partial charge is 0.493 e. The van der Waals surface area contributed by atoms with Gasteiger partial charge in [0.05, 0.1) is 20.4 Å². The van der Waals surface area contributed by atoms with Gasteiger partial charge in [0.1, 0.15) is 11.6 Å². The summed E-state index contributed by atoms with van der Waals surface area (Å²) in [6, 6.07) is 8.16. The van der Waals surface area contributed by atoms with E-state index in [2.05, 4.69) is 5.10 Å². The molecular weight excluding hydrogens is 298 g/mol. The molecule has 0 fully saturated rings. The van der Waals surface area contributed by atoms with Crippen molar-refractivity contribution in [3.63, 3.8) is 0 Å². The lowest BCUT2D eigenvalue weighted by molar-refractivity contribution is 0.355. The van der Waals surface area contributed by atoms with Crippen LogP contribution < -0.4 is 15.0 Å². The normalized spacial score (nSPS) is 10.5. The van der Waals surface area contributed by atoms with Crippen molar-refractivity contribution in [2.45, 2.75) is 6.92 Å². The number of aryl methyl sites for hydroxylation is 1. The summed E-state index contributed by atoms with van der Waals surface area (Å²) in [5.74, 6) is 0.579. The highest BCUT2D eigenvalue weighted by Crippen LogP contribution is 2.27. The summed E-state index contributed by atoms with van der Waals surface area (Å²) in [6.45, 7) is 1.57. The topological polar surface area (TPSA) is 96.8 Å². The summed E-state index contributed by atoms with van der Waals surface area (Å²) in [5, 5.41) is 22.9. The number of benzene rings is 1. The molecule has 0 saturated heterocycles. The molecule has 1 heterocycles. The molecule has 0 spiro atoms. The van der Waals surface area contributed by atoms with Crippen molar-refractivity contribution in [2.75, 3.05) is 14.2 Å². The third kappa shape index (κ3) is 3.16. The number of hydrogen-bond acceptors (Lipinski definition) is 6. The van der Waals surface area contributed by atoms with Gasteiger partial charge in [-0.2, -0.15) is 15.0 Å². The zero-order valence-electron chi connectivity index (χ0n) is 12.9. The number of hydrogen-bond donors (Lipinski definition) is 1. The van der Waals surface area contributed by atoms with Crippen molar-refractivity contribution in [1.29, 1.82) is 5.26 Å². The lowest BCUT2D eigenvalue weighted by atomic mass is 10.2. The van der Waals surface area contributed by atoms with E-state index in [0.29, 0.717) is 22.6 Å². The molecule has 0 unspecified atom stereocenters. The van der Waals surface area contributed by atoms with Gasteiger partial charge in [-0.3, -0.25) is 4.79 Å². The number of aromatic hydroxyl groups is 1. The van der Waals surface area contributed by atoms with Crippen molar-refractivity contribution in [2.24, 2.45) is 5.10 Å². The molecule has 0 atom stereocenters. The molecule has 2 aromatic rings. The van der Waals surface area contributed by atoms with E-state index in [9.17, 15) is 9.90 Å². The molecule has 0 saturated carbocycles. The molecule has 7 heteroatoms. The highest BCUT2D eigenvalue weighted by atomic mass is 16.5. The highest BCUT2D eigenvalue weighted by molar-refractivity contribution is 5.81. The Balaban J connectivity index is 2.46. The average molecular weight is 313 g/mol. The summed E-state index contributed by atoms with van der Waals surface area (Å²) in [6.07, 6.45) is 1.37. The van der Waals surface area contributed by atoms with E-state index in [1.807, 2.05) is 6.07 Å². The molecule has 1 aromatic heterocycles. The number of rotatable bonds is 4. The Morgan fingerprint density at radius 1 is 1.26 bits per heavy atom. The van der Waals surface area contributed by atoms with E-state index in [4.69, 9.17) is 14.7 Å². The van der Waals surface area contributed by atoms with Gasteiger partial charge in [0.2, 0.25) is 5.88 Å². The van der Waals surface area contributed by atoms with E-state index in [0.717, 1.165) is 4.68 Å². The van der Waals surface area contributed by atoms with E-state index in [1.165, 1.54) is 26.5 Å². The molecule has 2 rings (SSSR count). The lowest BCUT2D eigenvalue weighted by Gasteiger charge is -2.08. The summed E-state index contributed by atoms with van der Waals surface area (Å²) >= 11 is 0. The maximum atomic E-state index is 11.9. The van der Waals surface area contributed by atoms with Crippen LogP contribution in [0.5, 0.6) is 17.4 Å². The number of aromatic nitrogens is 1. The summed E-state index contributed by atoms with van der Waals surface area (Å²) < 4.78 is 11.1. The second kappa shape index (κ2) is 6.66. The van der Waals surface area contributed by atoms with E-state index in [1.54, 1.807) is 25.1 Å². The molecule has 1 aromatic carbocycles. The van der Waals surface area contributed by atoms with Crippen LogP contribution in [0.2, 0.25) is 0 Å². The first-order valence-corrected chi connectivity index (χ1v) is 6.64. The fourth-order valence-electron chi connectivity index (χ4n) is 2.01. The second-order valence-electron chi connectivity index (χ2n) is 4.65. The minimum absolute atomic E-state index is 0.00839. The molecule has 0 bridgehead atoms. The van der Waals surface area contributed by atoms with E-state index < -0.39 is 11.4 Å². The maximum absolute atomic E-state index is 11.9. The third-order valence-electron chi connectivity index (χ3n) is 3.21. The Morgan fingerprint density at radius 3 is 2.57 bits per heavy atom. The second-order valence-corrected chi connectivity index (χ2v) is 4.65. The van der Waals surface area contributed by atoms with Crippen LogP contribution in [-0.2, 0) is 0 Å². The Morgan fingerprint density at radius 2 is 1.96 bits per heavy atom. The van der Waals surface area contributed by atoms with Crippen molar-refractivity contribution in [1.82, 2.24) is 4.68 Å². The zero-order valence-corrected chi connectivity index (χ0v) is 12.9. The van der Waals surface area contributed by atoms with Gasteiger partial charge < -0.3 is 14.6 Å². The fraction of sp³-hybridized carbons (Fsp3) is 0.188. The van der Waals surface area contributed by atoms with Crippen LogP contribution in [0, 0.1) is 18.3 Å². The molecule has 0 radical (unpaired) electrons. The van der Waals surface area contributed by atoms with Crippen LogP contribution in [-0.4, -0.2) is 30.2 Å². The average Bonchev–Trinajstić information content (AvgIpc) is 2.54. The van der Waals surface area contributed by atoms with Crippen molar-refractivity contribution in [3.8, 4) is 23.4 Å². The first kappa shape index (κ1) is 16.1. The summed E-state index contributed by atoms with van der Waals surface area (Å²) in [4.78, 5) is 11.9. The standard InChI is InChI=1S/C16H15N3O4/c1-10-6-15(20)19(16(21)12(10)8-17)18-9-11-4-5-13(22-2)14(7-11)23-3/h4-7,9,21H,1-3H3/b18-9+. The van der Waals surface area contributed by atoms with Crippen molar-refractivity contribution < 1.29 is 14.6 Å². The van der Waals surface area contributed by atoms with Crippen LogP contribution in [0.3, 0.4) is 0 Å².